The number of likely N-dealkylation sites (tertiary alicyclic amines) is 1. The van der Waals surface area contributed by atoms with Crippen LogP contribution in [0.5, 0.6) is 0 Å². The summed E-state index contributed by atoms with van der Waals surface area (Å²) in [4.78, 5) is 6.84. The average Bonchev–Trinajstić information content (AvgIpc) is 2.67. The van der Waals surface area contributed by atoms with Crippen LogP contribution in [-0.2, 0) is 13.6 Å². The predicted molar refractivity (Wildman–Crippen MR) is 64.8 cm³/mol. The molecule has 16 heavy (non-hydrogen) atoms. The molecule has 2 unspecified atom stereocenters. The molecule has 0 aromatic carbocycles. The van der Waals surface area contributed by atoms with Gasteiger partial charge >= 0.3 is 0 Å². The van der Waals surface area contributed by atoms with Crippen LogP contribution in [0.4, 0.5) is 0 Å². The molecule has 2 rings (SSSR count). The minimum Gasteiger partial charge on any atom is -0.337 e. The number of hydrogen-bond donors (Lipinski definition) is 1. The third-order valence-corrected chi connectivity index (χ3v) is 3.79. The highest BCUT2D eigenvalue weighted by molar-refractivity contribution is 4.92. The summed E-state index contributed by atoms with van der Waals surface area (Å²) in [6.07, 6.45) is 5.12. The quantitative estimate of drug-likeness (QED) is 0.824. The van der Waals surface area contributed by atoms with E-state index in [1.165, 1.54) is 13.0 Å². The van der Waals surface area contributed by atoms with Gasteiger partial charge in [0.15, 0.2) is 0 Å². The van der Waals surface area contributed by atoms with E-state index in [1.807, 2.05) is 12.4 Å². The first-order chi connectivity index (χ1) is 7.70. The Morgan fingerprint density at radius 2 is 2.38 bits per heavy atom. The fourth-order valence-electron chi connectivity index (χ4n) is 2.42. The van der Waals surface area contributed by atoms with Gasteiger partial charge in [-0.1, -0.05) is 6.92 Å². The molecular formula is C12H22N4. The van der Waals surface area contributed by atoms with E-state index in [1.54, 1.807) is 0 Å². The van der Waals surface area contributed by atoms with Crippen LogP contribution in [0.2, 0.25) is 0 Å². The maximum Gasteiger partial charge on any atom is 0.122 e. The van der Waals surface area contributed by atoms with E-state index in [9.17, 15) is 0 Å². The summed E-state index contributed by atoms with van der Waals surface area (Å²) in [6.45, 7) is 6.36. The minimum absolute atomic E-state index is 0.647. The lowest BCUT2D eigenvalue weighted by Gasteiger charge is -2.36. The summed E-state index contributed by atoms with van der Waals surface area (Å²) in [5.74, 6) is 2.56. The van der Waals surface area contributed by atoms with E-state index >= 15 is 0 Å². The number of aryl methyl sites for hydroxylation is 1. The number of nitrogens with two attached hydrogens (primary N) is 1. The maximum atomic E-state index is 5.81. The number of aromatic nitrogens is 2. The Morgan fingerprint density at radius 3 is 3.00 bits per heavy atom. The Morgan fingerprint density at radius 1 is 1.56 bits per heavy atom. The molecule has 2 heterocycles. The van der Waals surface area contributed by atoms with E-state index in [4.69, 9.17) is 5.73 Å². The van der Waals surface area contributed by atoms with Crippen LogP contribution in [0.3, 0.4) is 0 Å². The van der Waals surface area contributed by atoms with Crippen LogP contribution in [0.25, 0.3) is 0 Å². The molecule has 0 spiro atoms. The second-order valence-corrected chi connectivity index (χ2v) is 4.95. The van der Waals surface area contributed by atoms with Gasteiger partial charge in [0.05, 0.1) is 6.54 Å². The normalized spacial score (nSPS) is 27.2. The zero-order valence-corrected chi connectivity index (χ0v) is 10.3. The zero-order valence-electron chi connectivity index (χ0n) is 10.3. The molecular weight excluding hydrogens is 200 g/mol. The second-order valence-electron chi connectivity index (χ2n) is 4.95. The first-order valence-corrected chi connectivity index (χ1v) is 6.09. The predicted octanol–water partition coefficient (Wildman–Crippen LogP) is 0.837. The Balaban J connectivity index is 1.94. The van der Waals surface area contributed by atoms with Gasteiger partial charge in [0.25, 0.3) is 0 Å². The van der Waals surface area contributed by atoms with Crippen molar-refractivity contribution in [3.63, 3.8) is 0 Å². The van der Waals surface area contributed by atoms with Crippen molar-refractivity contribution >= 4 is 0 Å². The highest BCUT2D eigenvalue weighted by Crippen LogP contribution is 2.23. The van der Waals surface area contributed by atoms with Gasteiger partial charge < -0.3 is 10.3 Å². The molecule has 2 N–H and O–H groups in total. The van der Waals surface area contributed by atoms with Crippen LogP contribution < -0.4 is 5.73 Å². The molecule has 0 aliphatic carbocycles. The van der Waals surface area contributed by atoms with Crippen molar-refractivity contribution in [3.05, 3.63) is 18.2 Å². The second kappa shape index (κ2) is 4.97. The summed E-state index contributed by atoms with van der Waals surface area (Å²) in [5, 5.41) is 0. The minimum atomic E-state index is 0.647. The highest BCUT2D eigenvalue weighted by Gasteiger charge is 2.25. The van der Waals surface area contributed by atoms with Gasteiger partial charge in [0.2, 0.25) is 0 Å². The van der Waals surface area contributed by atoms with Crippen LogP contribution in [0, 0.1) is 11.8 Å². The van der Waals surface area contributed by atoms with Crippen LogP contribution in [-0.4, -0.2) is 34.1 Å². The number of rotatable bonds is 3. The van der Waals surface area contributed by atoms with Gasteiger partial charge in [0, 0.05) is 26.0 Å². The number of piperidine rings is 1. The summed E-state index contributed by atoms with van der Waals surface area (Å²) in [6, 6.07) is 0. The molecule has 0 saturated carbocycles. The van der Waals surface area contributed by atoms with Crippen molar-refractivity contribution in [2.45, 2.75) is 19.9 Å². The summed E-state index contributed by atoms with van der Waals surface area (Å²) < 4.78 is 2.09. The SMILES string of the molecule is CC1CCN(Cc2nccn2C)CC1CN. The first-order valence-electron chi connectivity index (χ1n) is 6.09. The monoisotopic (exact) mass is 222 g/mol. The van der Waals surface area contributed by atoms with E-state index in [2.05, 4.69) is 28.4 Å². The van der Waals surface area contributed by atoms with E-state index in [-0.39, 0.29) is 0 Å². The average molecular weight is 222 g/mol. The lowest BCUT2D eigenvalue weighted by atomic mass is 9.87. The van der Waals surface area contributed by atoms with E-state index < -0.39 is 0 Å². The Labute approximate surface area is 97.4 Å². The van der Waals surface area contributed by atoms with Crippen molar-refractivity contribution in [3.8, 4) is 0 Å². The molecule has 1 aliphatic heterocycles. The van der Waals surface area contributed by atoms with Crippen molar-refractivity contribution in [1.82, 2.24) is 14.5 Å². The van der Waals surface area contributed by atoms with Gasteiger partial charge in [-0.15, -0.1) is 0 Å². The van der Waals surface area contributed by atoms with Gasteiger partial charge in [0.1, 0.15) is 5.82 Å². The largest absolute Gasteiger partial charge is 0.337 e. The molecule has 1 aliphatic rings. The molecule has 0 amide bonds. The van der Waals surface area contributed by atoms with Crippen molar-refractivity contribution in [2.24, 2.45) is 24.6 Å². The topological polar surface area (TPSA) is 47.1 Å². The number of hydrogen-bond acceptors (Lipinski definition) is 3. The standard InChI is InChI=1S/C12H22N4/c1-10-3-5-16(8-11(10)7-13)9-12-14-4-6-15(12)2/h4,6,10-11H,3,5,7-9,13H2,1-2H3. The lowest BCUT2D eigenvalue weighted by Crippen LogP contribution is -2.42. The number of imidazole rings is 1. The van der Waals surface area contributed by atoms with Gasteiger partial charge in [-0.25, -0.2) is 4.98 Å². The van der Waals surface area contributed by atoms with Gasteiger partial charge in [-0.05, 0) is 31.3 Å². The first kappa shape index (κ1) is 11.6. The van der Waals surface area contributed by atoms with Crippen molar-refractivity contribution in [1.29, 1.82) is 0 Å². The van der Waals surface area contributed by atoms with Gasteiger partial charge in [-0.2, -0.15) is 0 Å². The Kier molecular flexibility index (Phi) is 3.61. The van der Waals surface area contributed by atoms with Crippen LogP contribution in [0.15, 0.2) is 12.4 Å². The van der Waals surface area contributed by atoms with Crippen molar-refractivity contribution < 1.29 is 0 Å². The molecule has 4 heteroatoms. The molecule has 1 saturated heterocycles. The third kappa shape index (κ3) is 2.44. The molecule has 90 valence electrons. The van der Waals surface area contributed by atoms with Crippen molar-refractivity contribution in [2.75, 3.05) is 19.6 Å². The zero-order chi connectivity index (χ0) is 11.5. The Bertz CT molecular complexity index is 334. The summed E-state index contributed by atoms with van der Waals surface area (Å²) in [5.41, 5.74) is 5.81. The van der Waals surface area contributed by atoms with E-state index in [0.29, 0.717) is 5.92 Å². The molecule has 1 fully saturated rings. The molecule has 0 radical (unpaired) electrons. The summed E-state index contributed by atoms with van der Waals surface area (Å²) in [7, 11) is 2.05. The van der Waals surface area contributed by atoms with Gasteiger partial charge in [-0.3, -0.25) is 4.90 Å². The van der Waals surface area contributed by atoms with Crippen LogP contribution >= 0.6 is 0 Å². The Hall–Kier alpha value is -0.870. The molecule has 4 nitrogen and oxygen atoms in total. The third-order valence-electron chi connectivity index (χ3n) is 3.79. The maximum absolute atomic E-state index is 5.81. The molecule has 0 bridgehead atoms. The molecule has 1 aromatic heterocycles. The lowest BCUT2D eigenvalue weighted by molar-refractivity contribution is 0.123. The fraction of sp³-hybridized carbons (Fsp3) is 0.750. The smallest absolute Gasteiger partial charge is 0.122 e. The molecule has 2 atom stereocenters. The highest BCUT2D eigenvalue weighted by atomic mass is 15.2. The molecule has 1 aromatic rings. The van der Waals surface area contributed by atoms with Crippen LogP contribution in [0.1, 0.15) is 19.2 Å². The summed E-state index contributed by atoms with van der Waals surface area (Å²) >= 11 is 0. The fourth-order valence-corrected chi connectivity index (χ4v) is 2.42. The number of nitrogens with zero attached hydrogens (tertiary/aromatic N) is 3. The van der Waals surface area contributed by atoms with E-state index in [0.717, 1.165) is 31.4 Å².